The van der Waals surface area contributed by atoms with Gasteiger partial charge in [0, 0.05) is 32.7 Å². The molecule has 2 aromatic heterocycles. The van der Waals surface area contributed by atoms with Gasteiger partial charge in [-0.05, 0) is 64.7 Å². The molecule has 48 heavy (non-hydrogen) atoms. The summed E-state index contributed by atoms with van der Waals surface area (Å²) in [5.41, 5.74) is 11.7. The van der Waals surface area contributed by atoms with E-state index in [1.807, 2.05) is 24.3 Å². The third kappa shape index (κ3) is 4.14. The molecule has 0 bridgehead atoms. The quantitative estimate of drug-likeness (QED) is 0.177. The van der Waals surface area contributed by atoms with Crippen molar-refractivity contribution in [3.63, 3.8) is 0 Å². The van der Waals surface area contributed by atoms with Gasteiger partial charge in [-0.2, -0.15) is 0 Å². The largest absolute Gasteiger partial charge is 0.318 e. The minimum absolute atomic E-state index is 0.612. The van der Waals surface area contributed by atoms with E-state index < -0.39 is 0 Å². The van der Waals surface area contributed by atoms with Crippen LogP contribution in [0.1, 0.15) is 0 Å². The Morgan fingerprint density at radius 3 is 1.62 bits per heavy atom. The van der Waals surface area contributed by atoms with Crippen molar-refractivity contribution >= 4 is 55.0 Å². The van der Waals surface area contributed by atoms with Gasteiger partial charge in [0.2, 0.25) is 5.69 Å². The van der Waals surface area contributed by atoms with Crippen LogP contribution in [0.4, 0.5) is 11.4 Å². The third-order valence-electron chi connectivity index (χ3n) is 9.36. The van der Waals surface area contributed by atoms with Crippen LogP contribution in [-0.4, -0.2) is 9.13 Å². The number of nitrogens with zero attached hydrogens (tertiary/aromatic N) is 4. The Kier molecular flexibility index (Phi) is 6.22. The highest BCUT2D eigenvalue weighted by Gasteiger charge is 2.19. The molecule has 0 unspecified atom stereocenters. The minimum Gasteiger partial charge on any atom is -0.318 e. The lowest BCUT2D eigenvalue weighted by Crippen LogP contribution is -1.98. The summed E-state index contributed by atoms with van der Waals surface area (Å²) in [4.78, 5) is 7.70. The lowest BCUT2D eigenvalue weighted by molar-refractivity contribution is 1.18. The lowest BCUT2D eigenvalue weighted by atomic mass is 9.97. The van der Waals surface area contributed by atoms with E-state index in [1.54, 1.807) is 0 Å². The average Bonchev–Trinajstić information content (AvgIpc) is 3.67. The summed E-state index contributed by atoms with van der Waals surface area (Å²) in [7, 11) is 0. The van der Waals surface area contributed by atoms with Crippen molar-refractivity contribution in [1.82, 2.24) is 9.13 Å². The van der Waals surface area contributed by atoms with Crippen molar-refractivity contribution in [2.45, 2.75) is 0 Å². The van der Waals surface area contributed by atoms with Crippen molar-refractivity contribution in [2.24, 2.45) is 0 Å². The maximum Gasteiger partial charge on any atom is 0.211 e. The molecule has 0 N–H and O–H groups in total. The topological polar surface area (TPSA) is 18.6 Å². The van der Waals surface area contributed by atoms with E-state index in [1.165, 1.54) is 16.2 Å². The second kappa shape index (κ2) is 10.9. The SMILES string of the molecule is [C-]#[N+]c1ccc2c3ccccc3n(-c3ccc(-c4cccc(-c5cccc([N+]#[C-])c5-n5c6ccccc6c6ccccc65)c4)cc3)c2c1. The fraction of sp³-hybridized carbons (Fsp3) is 0. The highest BCUT2D eigenvalue weighted by molar-refractivity contribution is 6.11. The molecule has 0 saturated heterocycles. The van der Waals surface area contributed by atoms with Crippen molar-refractivity contribution in [3.8, 4) is 33.6 Å². The molecule has 0 radical (unpaired) electrons. The standard InChI is InChI=1S/C44H26N4/c1-45-32-23-26-38-37-15-3-6-18-40(37)47(43(38)28-32)33-24-21-29(22-25-33)30-11-9-12-31(27-30)34-16-10-17-39(46-2)44(34)48-41-19-7-4-13-35(41)36-14-5-8-20-42(36)48/h3-28H. The molecule has 2 heterocycles. The first-order valence-electron chi connectivity index (χ1n) is 15.8. The highest BCUT2D eigenvalue weighted by Crippen LogP contribution is 2.42. The number of benzene rings is 7. The van der Waals surface area contributed by atoms with Gasteiger partial charge >= 0.3 is 0 Å². The molecule has 4 heteroatoms. The summed E-state index contributed by atoms with van der Waals surface area (Å²) in [6.45, 7) is 15.7. The second-order valence-electron chi connectivity index (χ2n) is 11.9. The Balaban J connectivity index is 1.18. The average molecular weight is 611 g/mol. The number of rotatable bonds is 4. The summed E-state index contributed by atoms with van der Waals surface area (Å²) in [6, 6.07) is 54.4. The zero-order chi connectivity index (χ0) is 32.2. The van der Waals surface area contributed by atoms with Crippen LogP contribution in [0.25, 0.3) is 86.9 Å². The normalized spacial score (nSPS) is 11.3. The van der Waals surface area contributed by atoms with Crippen LogP contribution in [-0.2, 0) is 0 Å². The molecule has 0 aliphatic rings. The van der Waals surface area contributed by atoms with Crippen LogP contribution in [0.5, 0.6) is 0 Å². The predicted octanol–water partition coefficient (Wildman–Crippen LogP) is 12.3. The van der Waals surface area contributed by atoms with E-state index in [0.29, 0.717) is 11.4 Å². The van der Waals surface area contributed by atoms with E-state index in [0.717, 1.165) is 61.1 Å². The number of aromatic nitrogens is 2. The van der Waals surface area contributed by atoms with E-state index >= 15 is 0 Å². The highest BCUT2D eigenvalue weighted by atomic mass is 15.0. The smallest absolute Gasteiger partial charge is 0.211 e. The summed E-state index contributed by atoms with van der Waals surface area (Å²) in [6.07, 6.45) is 0. The predicted molar refractivity (Wildman–Crippen MR) is 199 cm³/mol. The molecule has 4 nitrogen and oxygen atoms in total. The van der Waals surface area contributed by atoms with Crippen LogP contribution in [0.3, 0.4) is 0 Å². The van der Waals surface area contributed by atoms with E-state index in [-0.39, 0.29) is 0 Å². The summed E-state index contributed by atoms with van der Waals surface area (Å²) in [5, 5.41) is 4.64. The fourth-order valence-corrected chi connectivity index (χ4v) is 7.23. The van der Waals surface area contributed by atoms with E-state index in [2.05, 4.69) is 152 Å². The molecular formula is C44H26N4. The number of para-hydroxylation sites is 4. The van der Waals surface area contributed by atoms with Gasteiger partial charge in [0.15, 0.2) is 5.69 Å². The third-order valence-corrected chi connectivity index (χ3v) is 9.36. The first-order chi connectivity index (χ1) is 23.7. The Hall–Kier alpha value is -6.88. The maximum atomic E-state index is 8.14. The molecule has 0 fully saturated rings. The van der Waals surface area contributed by atoms with E-state index in [4.69, 9.17) is 13.1 Å². The van der Waals surface area contributed by atoms with Crippen LogP contribution in [0, 0.1) is 13.1 Å². The molecule has 222 valence electrons. The molecule has 9 aromatic rings. The number of hydrogen-bond donors (Lipinski definition) is 0. The molecule has 0 atom stereocenters. The summed E-state index contributed by atoms with van der Waals surface area (Å²) in [5.74, 6) is 0. The molecule has 7 aromatic carbocycles. The van der Waals surface area contributed by atoms with Gasteiger partial charge in [0.1, 0.15) is 0 Å². The Labute approximate surface area is 277 Å². The van der Waals surface area contributed by atoms with Gasteiger partial charge < -0.3 is 9.13 Å². The van der Waals surface area contributed by atoms with Crippen LogP contribution < -0.4 is 0 Å². The van der Waals surface area contributed by atoms with E-state index in [9.17, 15) is 0 Å². The molecule has 9 rings (SSSR count). The van der Waals surface area contributed by atoms with Gasteiger partial charge in [-0.25, -0.2) is 9.69 Å². The van der Waals surface area contributed by atoms with Gasteiger partial charge in [-0.1, -0.05) is 115 Å². The molecule has 0 aliphatic heterocycles. The second-order valence-corrected chi connectivity index (χ2v) is 11.9. The van der Waals surface area contributed by atoms with Gasteiger partial charge in [0.25, 0.3) is 0 Å². The van der Waals surface area contributed by atoms with Gasteiger partial charge in [-0.3, -0.25) is 0 Å². The van der Waals surface area contributed by atoms with Gasteiger partial charge in [-0.15, -0.1) is 0 Å². The monoisotopic (exact) mass is 610 g/mol. The molecule has 0 amide bonds. The Bertz CT molecular complexity index is 2750. The molecule has 0 aliphatic carbocycles. The lowest BCUT2D eigenvalue weighted by Gasteiger charge is -2.17. The van der Waals surface area contributed by atoms with Crippen LogP contribution >= 0.6 is 0 Å². The fourth-order valence-electron chi connectivity index (χ4n) is 7.23. The van der Waals surface area contributed by atoms with Crippen molar-refractivity contribution in [2.75, 3.05) is 0 Å². The first-order valence-corrected chi connectivity index (χ1v) is 15.8. The summed E-state index contributed by atoms with van der Waals surface area (Å²) >= 11 is 0. The summed E-state index contributed by atoms with van der Waals surface area (Å²) < 4.78 is 4.49. The maximum absolute atomic E-state index is 8.14. The number of hydrogen-bond acceptors (Lipinski definition) is 0. The van der Waals surface area contributed by atoms with Crippen molar-refractivity contribution < 1.29 is 0 Å². The Morgan fingerprint density at radius 1 is 0.396 bits per heavy atom. The molecule has 0 spiro atoms. The molecule has 0 saturated carbocycles. The number of fused-ring (bicyclic) bond motifs is 6. The van der Waals surface area contributed by atoms with Crippen LogP contribution in [0.2, 0.25) is 0 Å². The molecular weight excluding hydrogens is 585 g/mol. The van der Waals surface area contributed by atoms with Crippen molar-refractivity contribution in [3.05, 3.63) is 181 Å². The first kappa shape index (κ1) is 27.4. The van der Waals surface area contributed by atoms with Crippen LogP contribution in [0.15, 0.2) is 158 Å². The zero-order valence-electron chi connectivity index (χ0n) is 25.8. The van der Waals surface area contributed by atoms with Gasteiger partial charge in [0.05, 0.1) is 35.4 Å². The minimum atomic E-state index is 0.612. The Morgan fingerprint density at radius 2 is 0.979 bits per heavy atom. The zero-order valence-corrected chi connectivity index (χ0v) is 25.8. The van der Waals surface area contributed by atoms with Crippen molar-refractivity contribution in [1.29, 1.82) is 0 Å².